The van der Waals surface area contributed by atoms with Crippen LogP contribution in [0.3, 0.4) is 0 Å². The van der Waals surface area contributed by atoms with Crippen molar-refractivity contribution in [2.24, 2.45) is 0 Å². The third-order valence-electron chi connectivity index (χ3n) is 3.22. The van der Waals surface area contributed by atoms with Gasteiger partial charge in [0, 0.05) is 39.3 Å². The smallest absolute Gasteiger partial charge is 0.316 e. The van der Waals surface area contributed by atoms with Crippen LogP contribution in [0.1, 0.15) is 16.1 Å². The second-order valence-corrected chi connectivity index (χ2v) is 5.81. The van der Waals surface area contributed by atoms with Gasteiger partial charge >= 0.3 is 5.01 Å². The molecule has 0 bridgehead atoms. The summed E-state index contributed by atoms with van der Waals surface area (Å²) in [6.45, 7) is 2.62. The molecular weight excluding hydrogens is 338 g/mol. The molecule has 0 atom stereocenters. The molecule has 0 amide bonds. The molecule has 2 aromatic carbocycles. The zero-order valence-corrected chi connectivity index (χ0v) is 15.1. The topological polar surface area (TPSA) is 33.9 Å². The molecule has 1 heterocycles. The first-order valence-corrected chi connectivity index (χ1v) is 7.53. The first-order chi connectivity index (χ1) is 10.3. The summed E-state index contributed by atoms with van der Waals surface area (Å²) in [5.41, 5.74) is 3.41. The van der Waals surface area contributed by atoms with Gasteiger partial charge in [0.05, 0.1) is 0 Å². The number of thiazole rings is 1. The standard InChI is InChI=1S/C19H14NS.H2O.Ti/c1-3-14-20-17-6-4-5-7-18(17)21-19(20)13-12-16-10-8-15(2)9-11-16;;/h1,4-11H,14H2,2H3;1H2;/q+1;;/p-1. The number of rotatable bonds is 1. The Kier molecular flexibility index (Phi) is 7.23. The van der Waals surface area contributed by atoms with Gasteiger partial charge < -0.3 is 5.48 Å². The maximum atomic E-state index is 5.49. The van der Waals surface area contributed by atoms with E-state index in [0.717, 1.165) is 16.1 Å². The van der Waals surface area contributed by atoms with E-state index in [9.17, 15) is 0 Å². The molecule has 0 aliphatic carbocycles. The number of benzene rings is 2. The van der Waals surface area contributed by atoms with E-state index < -0.39 is 0 Å². The quantitative estimate of drug-likeness (QED) is 0.375. The molecule has 0 saturated carbocycles. The van der Waals surface area contributed by atoms with Crippen LogP contribution in [0.4, 0.5) is 0 Å². The number of nitrogens with zero attached hydrogens (tertiary/aromatic N) is 1. The van der Waals surface area contributed by atoms with Crippen LogP contribution in [0.25, 0.3) is 10.2 Å². The molecule has 4 heteroatoms. The maximum absolute atomic E-state index is 5.49. The van der Waals surface area contributed by atoms with E-state index in [1.165, 1.54) is 10.3 Å². The van der Waals surface area contributed by atoms with Gasteiger partial charge in [-0.2, -0.15) is 4.57 Å². The van der Waals surface area contributed by atoms with Gasteiger partial charge in [-0.05, 0) is 31.0 Å². The third kappa shape index (κ3) is 4.32. The Morgan fingerprint density at radius 2 is 1.74 bits per heavy atom. The van der Waals surface area contributed by atoms with Crippen molar-refractivity contribution in [2.45, 2.75) is 13.5 Å². The maximum Gasteiger partial charge on any atom is 0.316 e. The fraction of sp³-hybridized carbons (Fsp3) is 0.105. The fourth-order valence-corrected chi connectivity index (χ4v) is 3.15. The molecule has 1 aromatic heterocycles. The summed E-state index contributed by atoms with van der Waals surface area (Å²) in [6.07, 6.45) is 5.49. The van der Waals surface area contributed by atoms with E-state index in [0.29, 0.717) is 6.54 Å². The molecule has 112 valence electrons. The molecule has 0 aliphatic heterocycles. The summed E-state index contributed by atoms with van der Waals surface area (Å²) < 4.78 is 3.31. The van der Waals surface area contributed by atoms with Crippen LogP contribution in [-0.2, 0) is 28.3 Å². The van der Waals surface area contributed by atoms with Crippen molar-refractivity contribution >= 4 is 21.6 Å². The molecule has 2 nitrogen and oxygen atoms in total. The van der Waals surface area contributed by atoms with Crippen LogP contribution in [0.15, 0.2) is 48.5 Å². The van der Waals surface area contributed by atoms with Gasteiger partial charge in [-0.15, -0.1) is 6.42 Å². The van der Waals surface area contributed by atoms with Gasteiger partial charge in [0.1, 0.15) is 4.70 Å². The monoisotopic (exact) mass is 353 g/mol. The Hall–Kier alpha value is -1.88. The molecule has 0 saturated heterocycles. The number of aromatic nitrogens is 1. The van der Waals surface area contributed by atoms with Crippen LogP contribution in [0.5, 0.6) is 0 Å². The third-order valence-corrected chi connectivity index (χ3v) is 4.30. The van der Waals surface area contributed by atoms with Gasteiger partial charge in [-0.3, -0.25) is 0 Å². The van der Waals surface area contributed by atoms with E-state index in [2.05, 4.69) is 53.5 Å². The number of terminal acetylenes is 1. The Morgan fingerprint density at radius 3 is 2.43 bits per heavy atom. The van der Waals surface area contributed by atoms with Crippen molar-refractivity contribution in [3.63, 3.8) is 0 Å². The SMILES string of the molecule is C#CC[n+]1c(C#Cc2ccc(C)cc2)sc2ccccc21.[OH-].[Ti]. The molecule has 0 aliphatic rings. The minimum Gasteiger partial charge on any atom is -0.870 e. The van der Waals surface area contributed by atoms with Crippen LogP contribution in [-0.4, -0.2) is 5.48 Å². The molecule has 0 fully saturated rings. The van der Waals surface area contributed by atoms with Crippen molar-refractivity contribution in [3.05, 3.63) is 64.7 Å². The zero-order valence-electron chi connectivity index (χ0n) is 12.7. The minimum absolute atomic E-state index is 0. The van der Waals surface area contributed by atoms with Crippen molar-refractivity contribution in [1.29, 1.82) is 0 Å². The summed E-state index contributed by atoms with van der Waals surface area (Å²) in [5.74, 6) is 9.19. The van der Waals surface area contributed by atoms with Crippen molar-refractivity contribution < 1.29 is 31.8 Å². The van der Waals surface area contributed by atoms with E-state index in [1.54, 1.807) is 11.3 Å². The van der Waals surface area contributed by atoms with Crippen LogP contribution in [0, 0.1) is 31.1 Å². The van der Waals surface area contributed by atoms with Gasteiger partial charge in [0.25, 0.3) is 0 Å². The molecule has 3 aromatic rings. The fourth-order valence-electron chi connectivity index (χ4n) is 2.14. The largest absolute Gasteiger partial charge is 0.870 e. The summed E-state index contributed by atoms with van der Waals surface area (Å²) in [4.78, 5) is 0. The second kappa shape index (κ2) is 8.68. The average Bonchev–Trinajstić information content (AvgIpc) is 2.85. The Bertz CT molecular complexity index is 895. The van der Waals surface area contributed by atoms with E-state index in [-0.39, 0.29) is 27.2 Å². The minimum atomic E-state index is 0. The Labute approximate surface area is 155 Å². The molecular formula is C19H15NOSTi. The first kappa shape index (κ1) is 19.2. The van der Waals surface area contributed by atoms with Gasteiger partial charge in [-0.25, -0.2) is 0 Å². The summed E-state index contributed by atoms with van der Waals surface area (Å²) in [5, 5.41) is 0.995. The first-order valence-electron chi connectivity index (χ1n) is 6.71. The Morgan fingerprint density at radius 1 is 1.04 bits per heavy atom. The number of aryl methyl sites for hydroxylation is 1. The van der Waals surface area contributed by atoms with Crippen molar-refractivity contribution in [3.8, 4) is 24.2 Å². The van der Waals surface area contributed by atoms with Crippen LogP contribution in [0.2, 0.25) is 0 Å². The second-order valence-electron chi connectivity index (χ2n) is 4.78. The molecule has 1 N–H and O–H groups in total. The summed E-state index contributed by atoms with van der Waals surface area (Å²) in [6, 6.07) is 16.5. The molecule has 0 radical (unpaired) electrons. The van der Waals surface area contributed by atoms with Crippen molar-refractivity contribution in [2.75, 3.05) is 0 Å². The molecule has 3 rings (SSSR count). The van der Waals surface area contributed by atoms with Crippen molar-refractivity contribution in [1.82, 2.24) is 0 Å². The summed E-state index contributed by atoms with van der Waals surface area (Å²) >= 11 is 1.68. The number of hydrogen-bond acceptors (Lipinski definition) is 2. The molecule has 23 heavy (non-hydrogen) atoms. The summed E-state index contributed by atoms with van der Waals surface area (Å²) in [7, 11) is 0. The molecule has 0 unspecified atom stereocenters. The number of para-hydroxylation sites is 1. The van der Waals surface area contributed by atoms with E-state index >= 15 is 0 Å². The van der Waals surface area contributed by atoms with Gasteiger partial charge in [0.2, 0.25) is 12.1 Å². The average molecular weight is 353 g/mol. The zero-order chi connectivity index (χ0) is 14.7. The molecule has 0 spiro atoms. The van der Waals surface area contributed by atoms with Gasteiger partial charge in [0.15, 0.2) is 0 Å². The number of fused-ring (bicyclic) bond motifs is 1. The van der Waals surface area contributed by atoms with Gasteiger partial charge in [-0.1, -0.05) is 47.1 Å². The predicted octanol–water partition coefficient (Wildman–Crippen LogP) is 3.35. The van der Waals surface area contributed by atoms with E-state index in [1.807, 2.05) is 24.3 Å². The normalized spacial score (nSPS) is 9.04. The predicted molar refractivity (Wildman–Crippen MR) is 89.9 cm³/mol. The van der Waals surface area contributed by atoms with Crippen LogP contribution >= 0.6 is 11.3 Å². The number of hydrogen-bond donors (Lipinski definition) is 0. The Balaban J connectivity index is 0.00000132. The van der Waals surface area contributed by atoms with E-state index in [4.69, 9.17) is 6.42 Å². The van der Waals surface area contributed by atoms with Crippen LogP contribution < -0.4 is 4.57 Å².